The van der Waals surface area contributed by atoms with E-state index in [4.69, 9.17) is 4.52 Å². The summed E-state index contributed by atoms with van der Waals surface area (Å²) < 4.78 is 4.93. The molecule has 0 unspecified atom stereocenters. The number of amides is 1. The van der Waals surface area contributed by atoms with Crippen molar-refractivity contribution in [3.05, 3.63) is 17.5 Å². The van der Waals surface area contributed by atoms with Crippen LogP contribution in [0.4, 0.5) is 0 Å². The average molecular weight is 222 g/mol. The molecule has 0 saturated carbocycles. The Morgan fingerprint density at radius 1 is 1.69 bits per heavy atom. The smallest absolute Gasteiger partial charge is 0.276 e. The number of rotatable bonds is 2. The third-order valence-corrected chi connectivity index (χ3v) is 3.23. The molecular weight excluding hydrogens is 204 g/mol. The van der Waals surface area contributed by atoms with Crippen molar-refractivity contribution in [1.82, 2.24) is 10.1 Å². The van der Waals surface area contributed by atoms with Gasteiger partial charge in [-0.1, -0.05) is 18.5 Å². The van der Waals surface area contributed by atoms with Crippen LogP contribution in [-0.4, -0.2) is 29.1 Å². The van der Waals surface area contributed by atoms with E-state index < -0.39 is 0 Å². The van der Waals surface area contributed by atoms with Crippen molar-refractivity contribution in [2.24, 2.45) is 5.92 Å². The van der Waals surface area contributed by atoms with Gasteiger partial charge in [-0.15, -0.1) is 0 Å². The summed E-state index contributed by atoms with van der Waals surface area (Å²) in [4.78, 5) is 14.0. The van der Waals surface area contributed by atoms with E-state index in [9.17, 15) is 4.79 Å². The predicted octanol–water partition coefficient (Wildman–Crippen LogP) is 2.25. The third kappa shape index (κ3) is 2.26. The van der Waals surface area contributed by atoms with Crippen LogP contribution in [-0.2, 0) is 0 Å². The van der Waals surface area contributed by atoms with Gasteiger partial charge >= 0.3 is 0 Å². The van der Waals surface area contributed by atoms with Gasteiger partial charge in [-0.2, -0.15) is 0 Å². The average Bonchev–Trinajstić information content (AvgIpc) is 2.75. The van der Waals surface area contributed by atoms with E-state index in [0.717, 1.165) is 25.9 Å². The molecule has 0 spiro atoms. The fourth-order valence-corrected chi connectivity index (χ4v) is 2.21. The topological polar surface area (TPSA) is 46.3 Å². The Bertz CT molecular complexity index is 373. The Balaban J connectivity index is 2.04. The van der Waals surface area contributed by atoms with E-state index >= 15 is 0 Å². The number of aryl methyl sites for hydroxylation is 1. The normalized spacial score (nSPS) is 21.1. The maximum absolute atomic E-state index is 12.1. The fourth-order valence-electron chi connectivity index (χ4n) is 2.21. The van der Waals surface area contributed by atoms with Crippen LogP contribution in [0.1, 0.15) is 42.4 Å². The molecule has 0 N–H and O–H groups in total. The molecule has 0 aliphatic carbocycles. The highest BCUT2D eigenvalue weighted by Crippen LogP contribution is 2.20. The van der Waals surface area contributed by atoms with Crippen LogP contribution < -0.4 is 0 Å². The number of piperidine rings is 1. The summed E-state index contributed by atoms with van der Waals surface area (Å²) in [6.45, 7) is 5.69. The summed E-state index contributed by atoms with van der Waals surface area (Å²) in [5.41, 5.74) is 0.439. The van der Waals surface area contributed by atoms with E-state index in [1.54, 1.807) is 13.0 Å². The van der Waals surface area contributed by atoms with Crippen LogP contribution in [0.3, 0.4) is 0 Å². The lowest BCUT2D eigenvalue weighted by molar-refractivity contribution is 0.0660. The number of carbonyl (C=O) groups excluding carboxylic acids is 1. The molecular formula is C12H18N2O2. The van der Waals surface area contributed by atoms with E-state index in [0.29, 0.717) is 17.4 Å². The molecule has 4 heteroatoms. The van der Waals surface area contributed by atoms with E-state index in [1.165, 1.54) is 6.42 Å². The molecule has 1 aromatic rings. The van der Waals surface area contributed by atoms with Gasteiger partial charge in [0.05, 0.1) is 0 Å². The van der Waals surface area contributed by atoms with E-state index in [1.807, 2.05) is 4.90 Å². The minimum Gasteiger partial charge on any atom is -0.361 e. The second kappa shape index (κ2) is 4.68. The van der Waals surface area contributed by atoms with Gasteiger partial charge in [0.25, 0.3) is 5.91 Å². The van der Waals surface area contributed by atoms with Gasteiger partial charge < -0.3 is 9.42 Å². The predicted molar refractivity (Wildman–Crippen MR) is 60.2 cm³/mol. The van der Waals surface area contributed by atoms with Gasteiger partial charge in [0.2, 0.25) is 0 Å². The lowest BCUT2D eigenvalue weighted by Gasteiger charge is -2.31. The van der Waals surface area contributed by atoms with Crippen LogP contribution in [0, 0.1) is 12.8 Å². The van der Waals surface area contributed by atoms with Gasteiger partial charge in [-0.25, -0.2) is 0 Å². The van der Waals surface area contributed by atoms with Gasteiger partial charge in [-0.05, 0) is 25.7 Å². The monoisotopic (exact) mass is 222 g/mol. The maximum atomic E-state index is 12.1. The highest BCUT2D eigenvalue weighted by molar-refractivity contribution is 5.92. The SMILES string of the molecule is CC[C@@H]1CCCN(C(=O)c2cc(C)on2)C1. The maximum Gasteiger partial charge on any atom is 0.276 e. The first-order valence-corrected chi connectivity index (χ1v) is 5.93. The minimum atomic E-state index is 0.00926. The van der Waals surface area contributed by atoms with Crippen molar-refractivity contribution in [2.75, 3.05) is 13.1 Å². The van der Waals surface area contributed by atoms with E-state index in [-0.39, 0.29) is 5.91 Å². The number of aromatic nitrogens is 1. The van der Waals surface area contributed by atoms with Gasteiger partial charge in [0.15, 0.2) is 5.69 Å². The molecule has 0 bridgehead atoms. The summed E-state index contributed by atoms with van der Waals surface area (Å²) in [6.07, 6.45) is 3.47. The molecule has 0 radical (unpaired) electrons. The molecule has 1 aliphatic rings. The molecule has 1 aliphatic heterocycles. The van der Waals surface area contributed by atoms with Crippen LogP contribution in [0.2, 0.25) is 0 Å². The molecule has 1 atom stereocenters. The van der Waals surface area contributed by atoms with Crippen molar-refractivity contribution < 1.29 is 9.32 Å². The first-order chi connectivity index (χ1) is 7.70. The number of carbonyl (C=O) groups is 1. The van der Waals surface area contributed by atoms with Crippen molar-refractivity contribution in [3.8, 4) is 0 Å². The molecule has 0 aromatic carbocycles. The Morgan fingerprint density at radius 2 is 2.50 bits per heavy atom. The Morgan fingerprint density at radius 3 is 3.12 bits per heavy atom. The number of hydrogen-bond acceptors (Lipinski definition) is 3. The van der Waals surface area contributed by atoms with Crippen LogP contribution in [0.25, 0.3) is 0 Å². The zero-order valence-corrected chi connectivity index (χ0v) is 9.90. The van der Waals surface area contributed by atoms with Crippen molar-refractivity contribution in [1.29, 1.82) is 0 Å². The summed E-state index contributed by atoms with van der Waals surface area (Å²) >= 11 is 0. The van der Waals surface area contributed by atoms with Crippen molar-refractivity contribution in [3.63, 3.8) is 0 Å². The fraction of sp³-hybridized carbons (Fsp3) is 0.667. The first kappa shape index (κ1) is 11.2. The largest absolute Gasteiger partial charge is 0.361 e. The van der Waals surface area contributed by atoms with Crippen LogP contribution >= 0.6 is 0 Å². The minimum absolute atomic E-state index is 0.00926. The third-order valence-electron chi connectivity index (χ3n) is 3.23. The lowest BCUT2D eigenvalue weighted by atomic mass is 9.95. The Hall–Kier alpha value is -1.32. The highest BCUT2D eigenvalue weighted by atomic mass is 16.5. The van der Waals surface area contributed by atoms with Crippen LogP contribution in [0.5, 0.6) is 0 Å². The lowest BCUT2D eigenvalue weighted by Crippen LogP contribution is -2.39. The second-order valence-corrected chi connectivity index (χ2v) is 4.49. The van der Waals surface area contributed by atoms with E-state index in [2.05, 4.69) is 12.1 Å². The Kier molecular flexibility index (Phi) is 3.27. The number of likely N-dealkylation sites (tertiary alicyclic amines) is 1. The Labute approximate surface area is 95.6 Å². The van der Waals surface area contributed by atoms with Gasteiger partial charge in [0, 0.05) is 19.2 Å². The highest BCUT2D eigenvalue weighted by Gasteiger charge is 2.25. The molecule has 1 fully saturated rings. The molecule has 1 saturated heterocycles. The number of nitrogens with zero attached hydrogens (tertiary/aromatic N) is 2. The summed E-state index contributed by atoms with van der Waals surface area (Å²) in [5.74, 6) is 1.34. The zero-order valence-electron chi connectivity index (χ0n) is 9.90. The van der Waals surface area contributed by atoms with Gasteiger partial charge in [0.1, 0.15) is 5.76 Å². The zero-order chi connectivity index (χ0) is 11.5. The molecule has 1 aromatic heterocycles. The summed E-state index contributed by atoms with van der Waals surface area (Å²) in [6, 6.07) is 1.71. The van der Waals surface area contributed by atoms with Crippen LogP contribution in [0.15, 0.2) is 10.6 Å². The standard InChI is InChI=1S/C12H18N2O2/c1-3-10-5-4-6-14(8-10)12(15)11-7-9(2)16-13-11/h7,10H,3-6,8H2,1-2H3/t10-/m1/s1. The summed E-state index contributed by atoms with van der Waals surface area (Å²) in [7, 11) is 0. The van der Waals surface area contributed by atoms with Crippen molar-refractivity contribution >= 4 is 5.91 Å². The molecule has 4 nitrogen and oxygen atoms in total. The first-order valence-electron chi connectivity index (χ1n) is 5.93. The molecule has 1 amide bonds. The summed E-state index contributed by atoms with van der Waals surface area (Å²) in [5, 5.41) is 3.78. The van der Waals surface area contributed by atoms with Crippen molar-refractivity contribution in [2.45, 2.75) is 33.1 Å². The quantitative estimate of drug-likeness (QED) is 0.771. The second-order valence-electron chi connectivity index (χ2n) is 4.49. The molecule has 88 valence electrons. The molecule has 16 heavy (non-hydrogen) atoms. The molecule has 2 rings (SSSR count). The number of hydrogen-bond donors (Lipinski definition) is 0. The van der Waals surface area contributed by atoms with Gasteiger partial charge in [-0.3, -0.25) is 4.79 Å². The molecule has 2 heterocycles.